The standard InChI is InChI=1S/C24H28N2O5/c1-4-16(2)18-9-5-6-10-19(18)25-24(29)17(3)31-23(28)15-26-20-11-7-8-12-21(20)30-14-13-22(26)27/h5-12,16-17H,4,13-15H2,1-3H3,(H,25,29)/t16-,17+/m0/s1. The molecule has 31 heavy (non-hydrogen) atoms. The molecule has 164 valence electrons. The molecule has 1 heterocycles. The molecule has 0 aliphatic carbocycles. The Kier molecular flexibility index (Phi) is 7.28. The van der Waals surface area contributed by atoms with Crippen LogP contribution in [0.2, 0.25) is 0 Å². The molecule has 1 aliphatic heterocycles. The van der Waals surface area contributed by atoms with Crippen LogP contribution in [0.3, 0.4) is 0 Å². The molecule has 1 N–H and O–H groups in total. The lowest BCUT2D eigenvalue weighted by Gasteiger charge is -2.22. The highest BCUT2D eigenvalue weighted by Gasteiger charge is 2.27. The van der Waals surface area contributed by atoms with Crippen molar-refractivity contribution in [2.45, 2.75) is 45.6 Å². The molecule has 2 atom stereocenters. The zero-order valence-corrected chi connectivity index (χ0v) is 18.1. The van der Waals surface area contributed by atoms with Crippen LogP contribution in [0.5, 0.6) is 5.75 Å². The van der Waals surface area contributed by atoms with Crippen LogP contribution in [0.15, 0.2) is 48.5 Å². The number of para-hydroxylation sites is 3. The van der Waals surface area contributed by atoms with E-state index in [0.29, 0.717) is 17.1 Å². The van der Waals surface area contributed by atoms with Crippen molar-refractivity contribution in [3.8, 4) is 5.75 Å². The lowest BCUT2D eigenvalue weighted by molar-refractivity contribution is -0.152. The third-order valence-corrected chi connectivity index (χ3v) is 5.36. The predicted octanol–water partition coefficient (Wildman–Crippen LogP) is 3.89. The number of hydrogen-bond donors (Lipinski definition) is 1. The van der Waals surface area contributed by atoms with Crippen LogP contribution in [0, 0.1) is 0 Å². The molecule has 7 nitrogen and oxygen atoms in total. The number of carbonyl (C=O) groups excluding carboxylic acids is 3. The summed E-state index contributed by atoms with van der Waals surface area (Å²) >= 11 is 0. The molecule has 0 bridgehead atoms. The third-order valence-electron chi connectivity index (χ3n) is 5.36. The average Bonchev–Trinajstić information content (AvgIpc) is 2.92. The zero-order valence-electron chi connectivity index (χ0n) is 18.1. The maximum absolute atomic E-state index is 12.6. The first-order chi connectivity index (χ1) is 14.9. The van der Waals surface area contributed by atoms with Crippen LogP contribution in [0.25, 0.3) is 0 Å². The minimum Gasteiger partial charge on any atom is -0.491 e. The van der Waals surface area contributed by atoms with Gasteiger partial charge in [-0.3, -0.25) is 19.3 Å². The number of carbonyl (C=O) groups is 3. The van der Waals surface area contributed by atoms with Gasteiger partial charge in [0.1, 0.15) is 12.3 Å². The number of amides is 2. The summed E-state index contributed by atoms with van der Waals surface area (Å²) in [6.45, 7) is 5.64. The normalized spacial score (nSPS) is 15.2. The molecule has 0 aromatic heterocycles. The number of nitrogens with zero attached hydrogens (tertiary/aromatic N) is 1. The molecule has 7 heteroatoms. The summed E-state index contributed by atoms with van der Waals surface area (Å²) in [5.74, 6) is -0.501. The predicted molar refractivity (Wildman–Crippen MR) is 118 cm³/mol. The Bertz CT molecular complexity index is 958. The van der Waals surface area contributed by atoms with E-state index >= 15 is 0 Å². The van der Waals surface area contributed by atoms with Crippen molar-refractivity contribution in [1.82, 2.24) is 0 Å². The highest BCUT2D eigenvalue weighted by molar-refractivity contribution is 6.00. The second-order valence-electron chi connectivity index (χ2n) is 7.56. The first-order valence-corrected chi connectivity index (χ1v) is 10.5. The summed E-state index contributed by atoms with van der Waals surface area (Å²) < 4.78 is 10.9. The highest BCUT2D eigenvalue weighted by atomic mass is 16.5. The van der Waals surface area contributed by atoms with Crippen molar-refractivity contribution in [3.63, 3.8) is 0 Å². The fourth-order valence-electron chi connectivity index (χ4n) is 3.41. The van der Waals surface area contributed by atoms with E-state index in [1.807, 2.05) is 24.3 Å². The Balaban J connectivity index is 1.65. The van der Waals surface area contributed by atoms with Gasteiger partial charge in [-0.25, -0.2) is 0 Å². The van der Waals surface area contributed by atoms with E-state index in [4.69, 9.17) is 9.47 Å². The van der Waals surface area contributed by atoms with Crippen molar-refractivity contribution in [2.75, 3.05) is 23.4 Å². The fraction of sp³-hybridized carbons (Fsp3) is 0.375. The fourth-order valence-corrected chi connectivity index (χ4v) is 3.41. The molecule has 0 saturated heterocycles. The second kappa shape index (κ2) is 10.1. The Labute approximate surface area is 182 Å². The molecule has 2 aromatic rings. The summed E-state index contributed by atoms with van der Waals surface area (Å²) in [6, 6.07) is 14.6. The first-order valence-electron chi connectivity index (χ1n) is 10.5. The van der Waals surface area contributed by atoms with Gasteiger partial charge in [-0.2, -0.15) is 0 Å². The van der Waals surface area contributed by atoms with E-state index in [0.717, 1.165) is 12.0 Å². The Morgan fingerprint density at radius 3 is 2.61 bits per heavy atom. The van der Waals surface area contributed by atoms with Gasteiger partial charge in [0, 0.05) is 5.69 Å². The van der Waals surface area contributed by atoms with E-state index in [-0.39, 0.29) is 31.4 Å². The van der Waals surface area contributed by atoms with Crippen LogP contribution in [0.1, 0.15) is 45.1 Å². The van der Waals surface area contributed by atoms with Crippen LogP contribution in [-0.2, 0) is 19.1 Å². The summed E-state index contributed by atoms with van der Waals surface area (Å²) in [6.07, 6.45) is 0.0858. The lowest BCUT2D eigenvalue weighted by Crippen LogP contribution is -2.39. The van der Waals surface area contributed by atoms with Crippen LogP contribution in [0.4, 0.5) is 11.4 Å². The lowest BCUT2D eigenvalue weighted by atomic mass is 9.97. The number of fused-ring (bicyclic) bond motifs is 1. The molecule has 0 spiro atoms. The Hall–Kier alpha value is -3.35. The molecule has 2 aromatic carbocycles. The number of ether oxygens (including phenoxy) is 2. The molecule has 3 rings (SSSR count). The quantitative estimate of drug-likeness (QED) is 0.682. The topological polar surface area (TPSA) is 84.9 Å². The van der Waals surface area contributed by atoms with Gasteiger partial charge >= 0.3 is 5.97 Å². The second-order valence-corrected chi connectivity index (χ2v) is 7.56. The SMILES string of the molecule is CC[C@H](C)c1ccccc1NC(=O)[C@@H](C)OC(=O)CN1C(=O)CCOc2ccccc21. The van der Waals surface area contributed by atoms with Gasteiger partial charge in [0.2, 0.25) is 5.91 Å². The van der Waals surface area contributed by atoms with Crippen LogP contribution < -0.4 is 15.0 Å². The number of hydrogen-bond acceptors (Lipinski definition) is 5. The summed E-state index contributed by atoms with van der Waals surface area (Å²) in [5, 5.41) is 2.85. The monoisotopic (exact) mass is 424 g/mol. The minimum absolute atomic E-state index is 0.157. The number of anilines is 2. The van der Waals surface area contributed by atoms with Crippen molar-refractivity contribution in [3.05, 3.63) is 54.1 Å². The van der Waals surface area contributed by atoms with E-state index in [2.05, 4.69) is 19.2 Å². The molecule has 0 saturated carbocycles. The summed E-state index contributed by atoms with van der Waals surface area (Å²) in [7, 11) is 0. The Morgan fingerprint density at radius 2 is 1.84 bits per heavy atom. The van der Waals surface area contributed by atoms with E-state index in [1.165, 1.54) is 11.8 Å². The van der Waals surface area contributed by atoms with Gasteiger partial charge in [0.25, 0.3) is 5.91 Å². The summed E-state index contributed by atoms with van der Waals surface area (Å²) in [5.41, 5.74) is 2.25. The van der Waals surface area contributed by atoms with Crippen LogP contribution in [-0.4, -0.2) is 37.0 Å². The van der Waals surface area contributed by atoms with Crippen molar-refractivity contribution in [1.29, 1.82) is 0 Å². The van der Waals surface area contributed by atoms with Crippen molar-refractivity contribution < 1.29 is 23.9 Å². The summed E-state index contributed by atoms with van der Waals surface area (Å²) in [4.78, 5) is 39.0. The average molecular weight is 424 g/mol. The van der Waals surface area contributed by atoms with Gasteiger partial charge in [-0.05, 0) is 43.0 Å². The van der Waals surface area contributed by atoms with Gasteiger partial charge in [0.05, 0.1) is 18.7 Å². The maximum atomic E-state index is 12.6. The van der Waals surface area contributed by atoms with Gasteiger partial charge in [-0.1, -0.05) is 44.2 Å². The number of esters is 1. The van der Waals surface area contributed by atoms with Gasteiger partial charge in [-0.15, -0.1) is 0 Å². The Morgan fingerprint density at radius 1 is 1.13 bits per heavy atom. The third kappa shape index (κ3) is 5.42. The molecule has 0 unspecified atom stereocenters. The van der Waals surface area contributed by atoms with Crippen molar-refractivity contribution in [2.24, 2.45) is 0 Å². The maximum Gasteiger partial charge on any atom is 0.326 e. The zero-order chi connectivity index (χ0) is 22.4. The molecular weight excluding hydrogens is 396 g/mol. The largest absolute Gasteiger partial charge is 0.491 e. The van der Waals surface area contributed by atoms with E-state index in [9.17, 15) is 14.4 Å². The van der Waals surface area contributed by atoms with Gasteiger partial charge in [0.15, 0.2) is 6.10 Å². The molecule has 0 fully saturated rings. The smallest absolute Gasteiger partial charge is 0.326 e. The highest BCUT2D eigenvalue weighted by Crippen LogP contribution is 2.31. The molecule has 2 amide bonds. The number of rotatable bonds is 7. The van der Waals surface area contributed by atoms with E-state index in [1.54, 1.807) is 24.3 Å². The number of nitrogens with one attached hydrogen (secondary N) is 1. The number of benzene rings is 2. The minimum atomic E-state index is -1.01. The van der Waals surface area contributed by atoms with E-state index < -0.39 is 18.0 Å². The van der Waals surface area contributed by atoms with Gasteiger partial charge < -0.3 is 14.8 Å². The molecular formula is C24H28N2O5. The molecule has 0 radical (unpaired) electrons. The van der Waals surface area contributed by atoms with Crippen LogP contribution >= 0.6 is 0 Å². The first kappa shape index (κ1) is 22.3. The molecule has 1 aliphatic rings. The van der Waals surface area contributed by atoms with Crippen molar-refractivity contribution >= 4 is 29.2 Å².